The minimum atomic E-state index is -1.42. The molecule has 0 radical (unpaired) electrons. The van der Waals surface area contributed by atoms with E-state index in [4.69, 9.17) is 47.4 Å². The van der Waals surface area contributed by atoms with Crippen molar-refractivity contribution in [3.05, 3.63) is 65.2 Å². The Bertz CT molecular complexity index is 1500. The fourth-order valence-electron chi connectivity index (χ4n) is 6.71. The van der Waals surface area contributed by atoms with Gasteiger partial charge in [-0.05, 0) is 47.9 Å². The van der Waals surface area contributed by atoms with Gasteiger partial charge in [-0.2, -0.15) is 0 Å². The van der Waals surface area contributed by atoms with Gasteiger partial charge in [0.2, 0.25) is 18.8 Å². The van der Waals surface area contributed by atoms with Crippen LogP contribution in [0.1, 0.15) is 28.9 Å². The standard InChI is InChI=1S/C33H36O11/c1-35-14-20-10-19-11-21(27(38-4)13-26(19)43-29(20)18-8-9-23-28(12-18)42-17-41-23)30-22-15-39-32(33(22,34)16-40-30)44-31-24(36-2)6-5-7-25(31)37-3/h5-9,11-13,20,22,29-30,32,34H,10,14-17H2,1-4H3/t20-,22+,29-,30-,32+,33-/m0/s1. The van der Waals surface area contributed by atoms with Crippen LogP contribution in [0.25, 0.3) is 0 Å². The van der Waals surface area contributed by atoms with Crippen LogP contribution in [0.3, 0.4) is 0 Å². The second-order valence-electron chi connectivity index (χ2n) is 11.4. The molecule has 0 unspecified atom stereocenters. The maximum absolute atomic E-state index is 11.9. The van der Waals surface area contributed by atoms with Crippen LogP contribution < -0.4 is 33.2 Å². The summed E-state index contributed by atoms with van der Waals surface area (Å²) in [5.74, 6) is 3.67. The van der Waals surface area contributed by atoms with Gasteiger partial charge in [-0.25, -0.2) is 0 Å². The first kappa shape index (κ1) is 28.8. The van der Waals surface area contributed by atoms with Crippen molar-refractivity contribution in [2.45, 2.75) is 30.5 Å². The molecule has 11 heteroatoms. The molecule has 11 nitrogen and oxygen atoms in total. The van der Waals surface area contributed by atoms with Crippen molar-refractivity contribution < 1.29 is 52.5 Å². The Morgan fingerprint density at radius 1 is 0.841 bits per heavy atom. The van der Waals surface area contributed by atoms with Crippen LogP contribution in [-0.4, -0.2) is 72.1 Å². The quantitative estimate of drug-likeness (QED) is 0.377. The van der Waals surface area contributed by atoms with E-state index < -0.39 is 23.9 Å². The summed E-state index contributed by atoms with van der Waals surface area (Å²) in [6, 6.07) is 15.2. The lowest BCUT2D eigenvalue weighted by Gasteiger charge is -2.35. The molecule has 0 spiro atoms. The molecule has 3 aromatic rings. The molecule has 2 fully saturated rings. The first-order valence-electron chi connectivity index (χ1n) is 14.6. The highest BCUT2D eigenvalue weighted by molar-refractivity contribution is 5.53. The third-order valence-corrected chi connectivity index (χ3v) is 8.93. The topological polar surface area (TPSA) is 113 Å². The van der Waals surface area contributed by atoms with Crippen LogP contribution in [0.4, 0.5) is 0 Å². The Morgan fingerprint density at radius 2 is 1.61 bits per heavy atom. The highest BCUT2D eigenvalue weighted by Crippen LogP contribution is 2.53. The van der Waals surface area contributed by atoms with Gasteiger partial charge in [0.1, 0.15) is 17.6 Å². The number of aliphatic hydroxyl groups is 1. The molecule has 0 aliphatic carbocycles. The Labute approximate surface area is 255 Å². The number of methoxy groups -OCH3 is 4. The molecule has 44 heavy (non-hydrogen) atoms. The van der Waals surface area contributed by atoms with Gasteiger partial charge in [0.15, 0.2) is 28.6 Å². The maximum atomic E-state index is 11.9. The summed E-state index contributed by atoms with van der Waals surface area (Å²) in [5.41, 5.74) is 1.38. The molecule has 1 N–H and O–H groups in total. The maximum Gasteiger partial charge on any atom is 0.232 e. The lowest BCUT2D eigenvalue weighted by Crippen LogP contribution is -2.47. The SMILES string of the molecule is COC[C@@H]1Cc2cc([C@@H]3OC[C@@]4(O)[C@@H](Oc5c(OC)cccc5OC)OC[C@H]34)c(OC)cc2O[C@H]1c1ccc2c(c1)OCO2. The molecule has 2 saturated heterocycles. The van der Waals surface area contributed by atoms with Crippen LogP contribution in [0.5, 0.6) is 40.2 Å². The average molecular weight is 609 g/mol. The number of hydrogen-bond donors (Lipinski definition) is 1. The Kier molecular flexibility index (Phi) is 7.57. The smallest absolute Gasteiger partial charge is 0.232 e. The average Bonchev–Trinajstić information content (AvgIpc) is 3.74. The second-order valence-corrected chi connectivity index (χ2v) is 11.4. The summed E-state index contributed by atoms with van der Waals surface area (Å²) in [7, 11) is 6.40. The van der Waals surface area contributed by atoms with Crippen molar-refractivity contribution in [2.24, 2.45) is 11.8 Å². The molecule has 7 rings (SSSR count). The van der Waals surface area contributed by atoms with Gasteiger partial charge >= 0.3 is 0 Å². The summed E-state index contributed by atoms with van der Waals surface area (Å²) >= 11 is 0. The number of para-hydroxylation sites is 1. The molecular formula is C33H36O11. The van der Waals surface area contributed by atoms with E-state index in [1.807, 2.05) is 24.3 Å². The number of fused-ring (bicyclic) bond motifs is 3. The van der Waals surface area contributed by atoms with Crippen LogP contribution in [0.2, 0.25) is 0 Å². The molecule has 4 aliphatic rings. The van der Waals surface area contributed by atoms with E-state index in [1.54, 1.807) is 46.6 Å². The molecule has 0 amide bonds. The number of hydrogen-bond acceptors (Lipinski definition) is 11. The van der Waals surface area contributed by atoms with Crippen molar-refractivity contribution in [3.8, 4) is 40.2 Å². The first-order chi connectivity index (χ1) is 21.5. The Hall–Kier alpha value is -3.90. The highest BCUT2D eigenvalue weighted by Gasteiger charge is 2.61. The predicted octanol–water partition coefficient (Wildman–Crippen LogP) is 4.23. The van der Waals surface area contributed by atoms with E-state index in [0.29, 0.717) is 41.8 Å². The van der Waals surface area contributed by atoms with E-state index in [2.05, 4.69) is 6.07 Å². The third kappa shape index (κ3) is 4.75. The number of rotatable bonds is 9. The van der Waals surface area contributed by atoms with E-state index in [0.717, 1.165) is 28.2 Å². The second kappa shape index (κ2) is 11.6. The summed E-state index contributed by atoms with van der Waals surface area (Å²) in [5, 5.41) is 11.9. The van der Waals surface area contributed by atoms with Gasteiger partial charge in [-0.1, -0.05) is 12.1 Å². The molecule has 6 atom stereocenters. The van der Waals surface area contributed by atoms with Crippen LogP contribution in [-0.2, 0) is 20.6 Å². The zero-order chi connectivity index (χ0) is 30.4. The molecule has 234 valence electrons. The summed E-state index contributed by atoms with van der Waals surface area (Å²) in [6.07, 6.45) is -1.05. The van der Waals surface area contributed by atoms with E-state index in [1.165, 1.54) is 0 Å². The van der Waals surface area contributed by atoms with Crippen molar-refractivity contribution in [3.63, 3.8) is 0 Å². The highest BCUT2D eigenvalue weighted by atomic mass is 16.7. The van der Waals surface area contributed by atoms with Crippen molar-refractivity contribution >= 4 is 0 Å². The zero-order valence-corrected chi connectivity index (χ0v) is 25.1. The molecule has 4 aliphatic heterocycles. The van der Waals surface area contributed by atoms with Gasteiger partial charge in [0, 0.05) is 24.7 Å². The fraction of sp³-hybridized carbons (Fsp3) is 0.455. The van der Waals surface area contributed by atoms with Gasteiger partial charge in [0.25, 0.3) is 0 Å². The van der Waals surface area contributed by atoms with Crippen molar-refractivity contribution in [1.29, 1.82) is 0 Å². The predicted molar refractivity (Wildman–Crippen MR) is 155 cm³/mol. The van der Waals surface area contributed by atoms with Gasteiger partial charge < -0.3 is 52.5 Å². The van der Waals surface area contributed by atoms with E-state index in [9.17, 15) is 5.11 Å². The summed E-state index contributed by atoms with van der Waals surface area (Å²) in [4.78, 5) is 0. The molecule has 4 heterocycles. The third-order valence-electron chi connectivity index (χ3n) is 8.93. The van der Waals surface area contributed by atoms with E-state index >= 15 is 0 Å². The molecule has 0 saturated carbocycles. The minimum absolute atomic E-state index is 0.0136. The molecule has 3 aromatic carbocycles. The van der Waals surface area contributed by atoms with Crippen LogP contribution in [0, 0.1) is 11.8 Å². The molecule has 0 bridgehead atoms. The first-order valence-corrected chi connectivity index (χ1v) is 14.6. The lowest BCUT2D eigenvalue weighted by atomic mass is 9.83. The van der Waals surface area contributed by atoms with Gasteiger partial charge in [-0.3, -0.25) is 0 Å². The zero-order valence-electron chi connectivity index (χ0n) is 25.1. The number of ether oxygens (including phenoxy) is 10. The van der Waals surface area contributed by atoms with E-state index in [-0.39, 0.29) is 32.0 Å². The largest absolute Gasteiger partial charge is 0.496 e. The van der Waals surface area contributed by atoms with Crippen molar-refractivity contribution in [1.82, 2.24) is 0 Å². The lowest BCUT2D eigenvalue weighted by molar-refractivity contribution is -0.153. The van der Waals surface area contributed by atoms with Crippen LogP contribution in [0.15, 0.2) is 48.5 Å². The fourth-order valence-corrected chi connectivity index (χ4v) is 6.71. The van der Waals surface area contributed by atoms with Gasteiger partial charge in [0.05, 0.1) is 53.2 Å². The summed E-state index contributed by atoms with van der Waals surface area (Å²) < 4.78 is 58.7. The van der Waals surface area contributed by atoms with Crippen LogP contribution >= 0.6 is 0 Å². The molecular weight excluding hydrogens is 572 g/mol. The van der Waals surface area contributed by atoms with Gasteiger partial charge in [-0.15, -0.1) is 0 Å². The number of benzene rings is 3. The Morgan fingerprint density at radius 3 is 2.36 bits per heavy atom. The van der Waals surface area contributed by atoms with Crippen molar-refractivity contribution in [2.75, 3.05) is 55.1 Å². The molecule has 0 aromatic heterocycles. The monoisotopic (exact) mass is 608 g/mol. The normalized spacial score (nSPS) is 28.2. The minimum Gasteiger partial charge on any atom is -0.496 e. The summed E-state index contributed by atoms with van der Waals surface area (Å²) in [6.45, 7) is 0.945. The Balaban J connectivity index is 1.17.